The van der Waals surface area contributed by atoms with E-state index in [0.717, 1.165) is 11.1 Å². The van der Waals surface area contributed by atoms with E-state index in [9.17, 15) is 22.4 Å². The van der Waals surface area contributed by atoms with Gasteiger partial charge >= 0.3 is 16.3 Å². The lowest BCUT2D eigenvalue weighted by Gasteiger charge is -2.24. The summed E-state index contributed by atoms with van der Waals surface area (Å²) in [5, 5.41) is 0.357. The Bertz CT molecular complexity index is 2090. The summed E-state index contributed by atoms with van der Waals surface area (Å²) in [6.07, 6.45) is -0.234. The van der Waals surface area contributed by atoms with E-state index >= 15 is 0 Å². The van der Waals surface area contributed by atoms with Crippen molar-refractivity contribution in [3.05, 3.63) is 137 Å². The molecule has 0 saturated carbocycles. The summed E-state index contributed by atoms with van der Waals surface area (Å²) in [4.78, 5) is 33.0. The molecule has 1 aliphatic heterocycles. The van der Waals surface area contributed by atoms with E-state index in [0.29, 0.717) is 22.6 Å². The van der Waals surface area contributed by atoms with E-state index in [1.807, 2.05) is 65.4 Å². The van der Waals surface area contributed by atoms with Crippen LogP contribution in [0.3, 0.4) is 0 Å². The zero-order chi connectivity index (χ0) is 35.5. The fourth-order valence-corrected chi connectivity index (χ4v) is 7.30. The van der Waals surface area contributed by atoms with Crippen LogP contribution in [0.25, 0.3) is 10.9 Å². The Balaban J connectivity index is 1.44. The number of hydrogen-bond acceptors (Lipinski definition) is 7. The molecule has 50 heavy (non-hydrogen) atoms. The van der Waals surface area contributed by atoms with Crippen molar-refractivity contribution in [2.75, 3.05) is 11.3 Å². The fourth-order valence-electron chi connectivity index (χ4n) is 5.76. The third-order valence-electron chi connectivity index (χ3n) is 8.24. The van der Waals surface area contributed by atoms with Crippen molar-refractivity contribution in [3.8, 4) is 5.75 Å². The van der Waals surface area contributed by atoms with Crippen molar-refractivity contribution in [2.45, 2.75) is 44.9 Å². The first kappa shape index (κ1) is 34.6. The number of anilines is 1. The molecule has 0 atom stereocenters. The molecule has 10 nitrogen and oxygen atoms in total. The number of carbonyl (C=O) groups excluding carboxylic acids is 2. The maximum atomic E-state index is 14.4. The second-order valence-corrected chi connectivity index (χ2v) is 20.3. The SMILES string of the molecule is C[Si](C)(C)CCOC(=O)NS(=O)(=O)Nc1c2c(c(OC(c3ccccc3)c3ccccc3)c3ncccc13)C(=O)N(Cc1ccc(F)cc1)C2. The first-order valence-electron chi connectivity index (χ1n) is 16.1. The molecule has 0 bridgehead atoms. The number of fused-ring (bicyclic) bond motifs is 2. The molecule has 4 aromatic carbocycles. The van der Waals surface area contributed by atoms with Crippen molar-refractivity contribution < 1.29 is 31.9 Å². The predicted octanol–water partition coefficient (Wildman–Crippen LogP) is 7.42. The standard InChI is InChI=1S/C37H37FN4O6SSi/c1-50(2,3)22-21-47-37(44)41-49(45,46)40-32-29-15-10-20-39-33(29)35(48-34(26-11-6-4-7-12-26)27-13-8-5-9-14-27)31-30(32)24-42(36(31)43)23-25-16-18-28(38)19-17-25/h4-20,34,40H,21-24H2,1-3H3,(H,41,44). The minimum absolute atomic E-state index is 0.00735. The van der Waals surface area contributed by atoms with E-state index in [-0.39, 0.29) is 42.2 Å². The third-order valence-corrected chi connectivity index (χ3v) is 10.9. The molecule has 0 saturated heterocycles. The van der Waals surface area contributed by atoms with Crippen LogP contribution in [0.1, 0.15) is 38.7 Å². The highest BCUT2D eigenvalue weighted by atomic mass is 32.2. The summed E-state index contributed by atoms with van der Waals surface area (Å²) < 4.78 is 57.0. The molecule has 2 amide bonds. The zero-order valence-electron chi connectivity index (χ0n) is 27.9. The van der Waals surface area contributed by atoms with Crippen LogP contribution in [0.2, 0.25) is 25.7 Å². The predicted molar refractivity (Wildman–Crippen MR) is 192 cm³/mol. The van der Waals surface area contributed by atoms with Crippen LogP contribution in [0, 0.1) is 5.82 Å². The van der Waals surface area contributed by atoms with Crippen molar-refractivity contribution >= 4 is 46.9 Å². The minimum atomic E-state index is -4.54. The van der Waals surface area contributed by atoms with Gasteiger partial charge in [0.1, 0.15) is 17.4 Å². The Morgan fingerprint density at radius 1 is 0.940 bits per heavy atom. The van der Waals surface area contributed by atoms with E-state index in [2.05, 4.69) is 29.3 Å². The van der Waals surface area contributed by atoms with Crippen molar-refractivity contribution in [2.24, 2.45) is 0 Å². The zero-order valence-corrected chi connectivity index (χ0v) is 29.7. The average Bonchev–Trinajstić information content (AvgIpc) is 3.40. The maximum absolute atomic E-state index is 14.4. The van der Waals surface area contributed by atoms with E-state index < -0.39 is 42.2 Å². The highest BCUT2D eigenvalue weighted by Crippen LogP contribution is 2.45. The average molecular weight is 713 g/mol. The lowest BCUT2D eigenvalue weighted by atomic mass is 9.99. The quantitative estimate of drug-likeness (QED) is 0.129. The van der Waals surface area contributed by atoms with Crippen molar-refractivity contribution in [1.82, 2.24) is 14.6 Å². The molecule has 0 aliphatic carbocycles. The number of ether oxygens (including phenoxy) is 2. The van der Waals surface area contributed by atoms with Gasteiger partial charge in [0.25, 0.3) is 5.91 Å². The van der Waals surface area contributed by atoms with Gasteiger partial charge in [0.15, 0.2) is 5.75 Å². The Labute approximate surface area is 291 Å². The molecule has 1 aliphatic rings. The van der Waals surface area contributed by atoms with Crippen molar-refractivity contribution in [3.63, 3.8) is 0 Å². The molecule has 0 fully saturated rings. The smallest absolute Gasteiger partial charge is 0.422 e. The van der Waals surface area contributed by atoms with Crippen LogP contribution in [0.5, 0.6) is 5.75 Å². The molecule has 0 unspecified atom stereocenters. The Morgan fingerprint density at radius 2 is 1.58 bits per heavy atom. The highest BCUT2D eigenvalue weighted by Gasteiger charge is 2.38. The van der Waals surface area contributed by atoms with Crippen LogP contribution in [0.15, 0.2) is 103 Å². The van der Waals surface area contributed by atoms with Gasteiger partial charge in [0.05, 0.1) is 17.9 Å². The highest BCUT2D eigenvalue weighted by molar-refractivity contribution is 7.91. The lowest BCUT2D eigenvalue weighted by molar-refractivity contribution is 0.0762. The van der Waals surface area contributed by atoms with Crippen LogP contribution in [-0.4, -0.2) is 45.0 Å². The molecule has 2 heterocycles. The number of nitrogens with one attached hydrogen (secondary N) is 2. The molecular formula is C37H37FN4O6SSi. The van der Waals surface area contributed by atoms with E-state index in [1.165, 1.54) is 23.2 Å². The van der Waals surface area contributed by atoms with Crippen LogP contribution in [-0.2, 0) is 28.0 Å². The van der Waals surface area contributed by atoms with Gasteiger partial charge in [-0.25, -0.2) is 13.9 Å². The number of halogens is 1. The first-order chi connectivity index (χ1) is 23.9. The van der Waals surface area contributed by atoms with Crippen LogP contribution >= 0.6 is 0 Å². The number of pyridine rings is 1. The maximum Gasteiger partial charge on any atom is 0.422 e. The van der Waals surface area contributed by atoms with Crippen LogP contribution in [0.4, 0.5) is 14.9 Å². The van der Waals surface area contributed by atoms with Crippen molar-refractivity contribution in [1.29, 1.82) is 0 Å². The summed E-state index contributed by atoms with van der Waals surface area (Å²) in [6.45, 7) is 6.53. The van der Waals surface area contributed by atoms with E-state index in [4.69, 9.17) is 9.47 Å². The summed E-state index contributed by atoms with van der Waals surface area (Å²) in [7, 11) is -6.07. The molecule has 6 rings (SSSR count). The number of amides is 2. The molecule has 0 radical (unpaired) electrons. The second-order valence-electron chi connectivity index (χ2n) is 13.2. The third kappa shape index (κ3) is 7.95. The molecule has 258 valence electrons. The Kier molecular flexibility index (Phi) is 9.89. The summed E-state index contributed by atoms with van der Waals surface area (Å²) in [6, 6.07) is 28.9. The number of rotatable bonds is 12. The van der Waals surface area contributed by atoms with Gasteiger partial charge in [-0.1, -0.05) is 92.4 Å². The number of hydrogen-bond donors (Lipinski definition) is 2. The molecule has 13 heteroatoms. The molecule has 0 spiro atoms. The Hall–Kier alpha value is -5.27. The summed E-state index contributed by atoms with van der Waals surface area (Å²) >= 11 is 0. The van der Waals surface area contributed by atoms with Crippen LogP contribution < -0.4 is 14.2 Å². The number of benzene rings is 4. The normalized spacial score (nSPS) is 13.0. The minimum Gasteiger partial charge on any atom is -0.478 e. The van der Waals surface area contributed by atoms with Gasteiger partial charge in [-0.3, -0.25) is 14.5 Å². The van der Waals surface area contributed by atoms with E-state index in [1.54, 1.807) is 24.3 Å². The van der Waals surface area contributed by atoms with Gasteiger partial charge < -0.3 is 14.4 Å². The largest absolute Gasteiger partial charge is 0.478 e. The first-order valence-corrected chi connectivity index (χ1v) is 21.3. The lowest BCUT2D eigenvalue weighted by Crippen LogP contribution is -2.36. The second kappa shape index (κ2) is 14.3. The molecular weight excluding hydrogens is 676 g/mol. The van der Waals surface area contributed by atoms with Gasteiger partial charge in [-0.05, 0) is 47.0 Å². The monoisotopic (exact) mass is 712 g/mol. The Morgan fingerprint density at radius 3 is 2.20 bits per heavy atom. The van der Waals surface area contributed by atoms with Gasteiger partial charge in [-0.2, -0.15) is 8.42 Å². The topological polar surface area (TPSA) is 127 Å². The molecule has 5 aromatic rings. The van der Waals surface area contributed by atoms with Gasteiger partial charge in [-0.15, -0.1) is 0 Å². The van der Waals surface area contributed by atoms with Gasteiger partial charge in [0.2, 0.25) is 0 Å². The fraction of sp³-hybridized carbons (Fsp3) is 0.216. The summed E-state index contributed by atoms with van der Waals surface area (Å²) in [5.41, 5.74) is 3.11. The number of aromatic nitrogens is 1. The number of nitrogens with zero attached hydrogens (tertiary/aromatic N) is 2. The summed E-state index contributed by atoms with van der Waals surface area (Å²) in [5.74, 6) is -0.652. The number of carbonyl (C=O) groups is 2. The molecule has 2 N–H and O–H groups in total. The van der Waals surface area contributed by atoms with Gasteiger partial charge in [0, 0.05) is 38.3 Å². The molecule has 1 aromatic heterocycles.